The van der Waals surface area contributed by atoms with Crippen LogP contribution in [0.15, 0.2) is 46.9 Å². The maximum absolute atomic E-state index is 12.1. The zero-order valence-corrected chi connectivity index (χ0v) is 14.7. The van der Waals surface area contributed by atoms with E-state index in [-0.39, 0.29) is 5.78 Å². The Hall–Kier alpha value is -2.95. The average Bonchev–Trinajstić information content (AvgIpc) is 2.98. The number of methoxy groups -OCH3 is 3. The van der Waals surface area contributed by atoms with Crippen molar-refractivity contribution in [2.24, 2.45) is 0 Å². The fourth-order valence-electron chi connectivity index (χ4n) is 3.73. The van der Waals surface area contributed by atoms with Gasteiger partial charge in [-0.3, -0.25) is 4.79 Å². The summed E-state index contributed by atoms with van der Waals surface area (Å²) in [5.41, 5.74) is 4.36. The highest BCUT2D eigenvalue weighted by Crippen LogP contribution is 2.42. The molecule has 0 fully saturated rings. The van der Waals surface area contributed by atoms with Gasteiger partial charge in [0.1, 0.15) is 0 Å². The first-order valence-corrected chi connectivity index (χ1v) is 8.03. The Morgan fingerprint density at radius 3 is 2.40 bits per heavy atom. The van der Waals surface area contributed by atoms with E-state index in [9.17, 15) is 4.79 Å². The zero-order valence-electron chi connectivity index (χ0n) is 14.7. The van der Waals surface area contributed by atoms with Crippen molar-refractivity contribution in [3.05, 3.63) is 57.3 Å². The van der Waals surface area contributed by atoms with Gasteiger partial charge in [-0.25, -0.2) is 0 Å². The van der Waals surface area contributed by atoms with Crippen molar-refractivity contribution in [2.75, 3.05) is 28.4 Å². The molecule has 1 aliphatic heterocycles. The molecule has 2 aliphatic carbocycles. The molecule has 0 bridgehead atoms. The van der Waals surface area contributed by atoms with Gasteiger partial charge in [0.15, 0.2) is 17.3 Å². The number of carbonyl (C=O) groups excluding carboxylic acids is 1. The van der Waals surface area contributed by atoms with E-state index in [1.807, 2.05) is 25.3 Å². The van der Waals surface area contributed by atoms with E-state index in [0.717, 1.165) is 27.3 Å². The number of allylic oxidation sites excluding steroid dienone is 5. The van der Waals surface area contributed by atoms with Crippen LogP contribution in [0.2, 0.25) is 0 Å². The van der Waals surface area contributed by atoms with Gasteiger partial charge in [-0.1, -0.05) is 0 Å². The fourth-order valence-corrected chi connectivity index (χ4v) is 3.73. The summed E-state index contributed by atoms with van der Waals surface area (Å²) in [5.74, 6) is 1.69. The number of carbonyl (C=O) groups is 1. The molecule has 0 spiro atoms. The highest BCUT2D eigenvalue weighted by atomic mass is 16.5. The maximum atomic E-state index is 12.1. The van der Waals surface area contributed by atoms with E-state index in [4.69, 9.17) is 14.2 Å². The second kappa shape index (κ2) is 5.55. The van der Waals surface area contributed by atoms with Crippen molar-refractivity contribution in [2.45, 2.75) is 6.42 Å². The summed E-state index contributed by atoms with van der Waals surface area (Å²) < 4.78 is 16.1. The standard InChI is InChI=1S/C20H19NO4/c1-21-10-12-7-18(24-3)19(25-4)8-13(12)15-5-11-6-16(22)17(23-2)9-14(11)20(15)21/h6-10H,5H2,1-4H3. The van der Waals surface area contributed by atoms with E-state index in [1.165, 1.54) is 12.7 Å². The first-order valence-electron chi connectivity index (χ1n) is 8.03. The van der Waals surface area contributed by atoms with Crippen LogP contribution >= 0.6 is 0 Å². The number of nitrogens with zero attached hydrogens (tertiary/aromatic N) is 1. The highest BCUT2D eigenvalue weighted by Gasteiger charge is 2.32. The molecule has 0 saturated heterocycles. The van der Waals surface area contributed by atoms with Gasteiger partial charge >= 0.3 is 0 Å². The molecule has 0 unspecified atom stereocenters. The second-order valence-corrected chi connectivity index (χ2v) is 6.20. The van der Waals surface area contributed by atoms with Gasteiger partial charge in [0.2, 0.25) is 5.78 Å². The largest absolute Gasteiger partial charge is 0.493 e. The van der Waals surface area contributed by atoms with Crippen LogP contribution in [0.3, 0.4) is 0 Å². The lowest BCUT2D eigenvalue weighted by Gasteiger charge is -2.23. The molecule has 1 heterocycles. The van der Waals surface area contributed by atoms with Crippen molar-refractivity contribution in [3.63, 3.8) is 0 Å². The summed E-state index contributed by atoms with van der Waals surface area (Å²) in [5, 5.41) is 2.18. The summed E-state index contributed by atoms with van der Waals surface area (Å²) in [6.45, 7) is 0. The summed E-state index contributed by atoms with van der Waals surface area (Å²) in [4.78, 5) is 14.2. The first kappa shape index (κ1) is 15.6. The van der Waals surface area contributed by atoms with Crippen LogP contribution in [0.25, 0.3) is 11.8 Å². The Balaban J connectivity index is 2.03. The van der Waals surface area contributed by atoms with Crippen LogP contribution in [-0.4, -0.2) is 39.1 Å². The van der Waals surface area contributed by atoms with Gasteiger partial charge in [0.05, 0.1) is 27.0 Å². The molecule has 1 aromatic carbocycles. The van der Waals surface area contributed by atoms with Crippen LogP contribution in [0.5, 0.6) is 11.5 Å². The van der Waals surface area contributed by atoms with Gasteiger partial charge in [0, 0.05) is 30.5 Å². The second-order valence-electron chi connectivity index (χ2n) is 6.20. The van der Waals surface area contributed by atoms with E-state index in [2.05, 4.69) is 11.1 Å². The molecule has 128 valence electrons. The Bertz CT molecular complexity index is 1010. The molecule has 0 saturated carbocycles. The SMILES string of the molecule is COC1=CC2=C3C(=c4cc(OC)c(OC)cc4=CN3C)CC2=CC1=O. The van der Waals surface area contributed by atoms with Crippen LogP contribution in [0.1, 0.15) is 6.42 Å². The number of ketones is 1. The monoisotopic (exact) mass is 337 g/mol. The minimum Gasteiger partial charge on any atom is -0.493 e. The molecule has 0 N–H and O–H groups in total. The molecule has 0 amide bonds. The van der Waals surface area contributed by atoms with Gasteiger partial charge in [0.25, 0.3) is 0 Å². The Labute approximate surface area is 145 Å². The Morgan fingerprint density at radius 2 is 1.72 bits per heavy atom. The number of fused-ring (bicyclic) bond motifs is 3. The molecule has 1 aromatic rings. The normalized spacial score (nSPS) is 18.0. The maximum Gasteiger partial charge on any atom is 0.220 e. The molecular weight excluding hydrogens is 318 g/mol. The first-order chi connectivity index (χ1) is 12.1. The molecule has 0 aromatic heterocycles. The third-order valence-electron chi connectivity index (χ3n) is 4.86. The third-order valence-corrected chi connectivity index (χ3v) is 4.86. The summed E-state index contributed by atoms with van der Waals surface area (Å²) >= 11 is 0. The third kappa shape index (κ3) is 2.19. The quantitative estimate of drug-likeness (QED) is 0.830. The van der Waals surface area contributed by atoms with Crippen LogP contribution in [0, 0.1) is 0 Å². The minimum absolute atomic E-state index is 0.0831. The van der Waals surface area contributed by atoms with Crippen molar-refractivity contribution in [3.8, 4) is 11.5 Å². The summed E-state index contributed by atoms with van der Waals surface area (Å²) in [7, 11) is 6.81. The van der Waals surface area contributed by atoms with E-state index in [1.54, 1.807) is 20.3 Å². The minimum atomic E-state index is -0.0831. The van der Waals surface area contributed by atoms with Crippen molar-refractivity contribution in [1.82, 2.24) is 4.90 Å². The fraction of sp³-hybridized carbons (Fsp3) is 0.250. The topological polar surface area (TPSA) is 48.0 Å². The van der Waals surface area contributed by atoms with Gasteiger partial charge < -0.3 is 19.1 Å². The lowest BCUT2D eigenvalue weighted by atomic mass is 10.00. The van der Waals surface area contributed by atoms with Gasteiger partial charge in [-0.15, -0.1) is 0 Å². The van der Waals surface area contributed by atoms with Crippen molar-refractivity contribution < 1.29 is 19.0 Å². The van der Waals surface area contributed by atoms with E-state index >= 15 is 0 Å². The number of hydrogen-bond donors (Lipinski definition) is 0. The lowest BCUT2D eigenvalue weighted by Crippen LogP contribution is -2.35. The molecular formula is C20H19NO4. The van der Waals surface area contributed by atoms with Gasteiger partial charge in [-0.05, 0) is 40.6 Å². The molecule has 0 radical (unpaired) electrons. The summed E-state index contributed by atoms with van der Waals surface area (Å²) in [6.07, 6.45) is 6.31. The Kier molecular flexibility index (Phi) is 3.46. The van der Waals surface area contributed by atoms with Crippen LogP contribution in [0.4, 0.5) is 0 Å². The lowest BCUT2D eigenvalue weighted by molar-refractivity contribution is -0.114. The molecule has 3 aliphatic rings. The van der Waals surface area contributed by atoms with E-state index in [0.29, 0.717) is 23.7 Å². The number of benzene rings is 1. The zero-order chi connectivity index (χ0) is 17.7. The van der Waals surface area contributed by atoms with Crippen LogP contribution < -0.4 is 19.9 Å². The van der Waals surface area contributed by atoms with Crippen molar-refractivity contribution in [1.29, 1.82) is 0 Å². The molecule has 5 heteroatoms. The number of ether oxygens (including phenoxy) is 3. The van der Waals surface area contributed by atoms with E-state index < -0.39 is 0 Å². The molecule has 4 rings (SSSR count). The smallest absolute Gasteiger partial charge is 0.220 e. The summed E-state index contributed by atoms with van der Waals surface area (Å²) in [6, 6.07) is 3.99. The highest BCUT2D eigenvalue weighted by molar-refractivity contribution is 6.07. The predicted octanol–water partition coefficient (Wildman–Crippen LogP) is 1.24. The van der Waals surface area contributed by atoms with Crippen molar-refractivity contribution >= 4 is 17.6 Å². The van der Waals surface area contributed by atoms with Crippen LogP contribution in [-0.2, 0) is 9.53 Å². The number of hydrogen-bond acceptors (Lipinski definition) is 5. The molecule has 25 heavy (non-hydrogen) atoms. The average molecular weight is 337 g/mol. The molecule has 5 nitrogen and oxygen atoms in total. The molecule has 0 atom stereocenters. The number of rotatable bonds is 3. The van der Waals surface area contributed by atoms with Gasteiger partial charge in [-0.2, -0.15) is 0 Å². The Morgan fingerprint density at radius 1 is 1.00 bits per heavy atom. The predicted molar refractivity (Wildman–Crippen MR) is 94.3 cm³/mol.